The molecule has 0 saturated heterocycles. The molecule has 0 spiro atoms. The number of hydrogen-bond donors (Lipinski definition) is 1. The molecule has 2 rings (SSSR count). The first-order valence-electron chi connectivity index (χ1n) is 4.68. The van der Waals surface area contributed by atoms with Gasteiger partial charge in [0.25, 0.3) is 0 Å². The summed E-state index contributed by atoms with van der Waals surface area (Å²) in [4.78, 5) is 2.25. The third-order valence-corrected chi connectivity index (χ3v) is 2.77. The Balaban J connectivity index is 0.00000112. The van der Waals surface area contributed by atoms with E-state index >= 15 is 0 Å². The third kappa shape index (κ3) is 3.42. The Morgan fingerprint density at radius 3 is 2.81 bits per heavy atom. The smallest absolute Gasteiger partial charge is 0.142 e. The second-order valence-electron chi connectivity index (χ2n) is 3.24. The minimum absolute atomic E-state index is 0. The largest absolute Gasteiger partial charge is 0.490 e. The zero-order valence-electron chi connectivity index (χ0n) is 8.69. The van der Waals surface area contributed by atoms with Crippen LogP contribution in [0, 0.1) is 0 Å². The average Bonchev–Trinajstić information content (AvgIpc) is 2.19. The van der Waals surface area contributed by atoms with Crippen LogP contribution in [0.15, 0.2) is 22.7 Å². The maximum absolute atomic E-state index is 5.56. The van der Waals surface area contributed by atoms with Gasteiger partial charge >= 0.3 is 0 Å². The van der Waals surface area contributed by atoms with Gasteiger partial charge in [-0.1, -0.05) is 15.9 Å². The number of nitrogens with two attached hydrogens (primary N) is 1. The maximum atomic E-state index is 5.56. The third-order valence-electron chi connectivity index (χ3n) is 2.28. The van der Waals surface area contributed by atoms with Gasteiger partial charge in [0, 0.05) is 17.6 Å². The molecule has 0 atom stereocenters. The zero-order chi connectivity index (χ0) is 9.97. The molecule has 1 aliphatic heterocycles. The second-order valence-corrected chi connectivity index (χ2v) is 4.15. The second kappa shape index (κ2) is 7.22. The van der Waals surface area contributed by atoms with Crippen LogP contribution < -0.4 is 15.4 Å². The molecule has 0 aliphatic carbocycles. The zero-order valence-corrected chi connectivity index (χ0v) is 11.9. The Labute approximate surface area is 116 Å². The highest BCUT2D eigenvalue weighted by Crippen LogP contribution is 2.33. The first-order valence-corrected chi connectivity index (χ1v) is 5.48. The normalized spacial score (nSPS) is 13.0. The van der Waals surface area contributed by atoms with Crippen molar-refractivity contribution in [3.05, 3.63) is 22.7 Å². The lowest BCUT2D eigenvalue weighted by atomic mass is 10.2. The Morgan fingerprint density at radius 2 is 2.12 bits per heavy atom. The molecular weight excluding hydrogens is 315 g/mol. The van der Waals surface area contributed by atoms with E-state index in [-0.39, 0.29) is 24.8 Å². The van der Waals surface area contributed by atoms with Crippen LogP contribution in [0.5, 0.6) is 5.75 Å². The summed E-state index contributed by atoms with van der Waals surface area (Å²) in [5.41, 5.74) is 6.70. The number of rotatable bonds is 2. The topological polar surface area (TPSA) is 38.5 Å². The van der Waals surface area contributed by atoms with Crippen molar-refractivity contribution in [3.63, 3.8) is 0 Å². The van der Waals surface area contributed by atoms with Gasteiger partial charge in [-0.2, -0.15) is 0 Å². The average molecular weight is 330 g/mol. The Hall–Kier alpha value is -0.160. The van der Waals surface area contributed by atoms with Crippen molar-refractivity contribution in [1.29, 1.82) is 0 Å². The molecule has 0 bridgehead atoms. The highest BCUT2D eigenvalue weighted by molar-refractivity contribution is 9.10. The van der Waals surface area contributed by atoms with E-state index in [1.54, 1.807) is 0 Å². The Bertz CT molecular complexity index is 339. The molecule has 1 aliphatic rings. The van der Waals surface area contributed by atoms with E-state index in [1.807, 2.05) is 12.1 Å². The van der Waals surface area contributed by atoms with Gasteiger partial charge < -0.3 is 15.4 Å². The van der Waals surface area contributed by atoms with Crippen LogP contribution in [0.25, 0.3) is 0 Å². The molecule has 3 nitrogen and oxygen atoms in total. The number of fused-ring (bicyclic) bond motifs is 1. The van der Waals surface area contributed by atoms with Crippen molar-refractivity contribution < 1.29 is 4.74 Å². The summed E-state index contributed by atoms with van der Waals surface area (Å²) < 4.78 is 6.62. The number of anilines is 1. The lowest BCUT2D eigenvalue weighted by Gasteiger charge is -2.30. The summed E-state index contributed by atoms with van der Waals surface area (Å²) in [6.07, 6.45) is 0. The molecule has 0 saturated carbocycles. The van der Waals surface area contributed by atoms with E-state index in [0.717, 1.165) is 35.6 Å². The van der Waals surface area contributed by atoms with Gasteiger partial charge in [-0.05, 0) is 18.2 Å². The Morgan fingerprint density at radius 1 is 1.38 bits per heavy atom. The summed E-state index contributed by atoms with van der Waals surface area (Å²) in [6.45, 7) is 3.22. The van der Waals surface area contributed by atoms with E-state index in [4.69, 9.17) is 10.5 Å². The molecule has 92 valence electrons. The summed E-state index contributed by atoms with van der Waals surface area (Å²) in [5, 5.41) is 0. The lowest BCUT2D eigenvalue weighted by molar-refractivity contribution is 0.308. The van der Waals surface area contributed by atoms with Crippen LogP contribution in [-0.4, -0.2) is 26.2 Å². The molecule has 1 aromatic carbocycles. The fourth-order valence-corrected chi connectivity index (χ4v) is 1.98. The van der Waals surface area contributed by atoms with Gasteiger partial charge in [0.2, 0.25) is 0 Å². The van der Waals surface area contributed by atoms with Crippen LogP contribution in [0.1, 0.15) is 0 Å². The lowest BCUT2D eigenvalue weighted by Crippen LogP contribution is -2.36. The molecule has 16 heavy (non-hydrogen) atoms. The van der Waals surface area contributed by atoms with Crippen molar-refractivity contribution >= 4 is 46.4 Å². The highest BCUT2D eigenvalue weighted by Gasteiger charge is 2.16. The highest BCUT2D eigenvalue weighted by atomic mass is 79.9. The van der Waals surface area contributed by atoms with E-state index in [9.17, 15) is 0 Å². The number of hydrogen-bond acceptors (Lipinski definition) is 3. The van der Waals surface area contributed by atoms with Gasteiger partial charge in [-0.25, -0.2) is 0 Å². The minimum atomic E-state index is 0. The van der Waals surface area contributed by atoms with E-state index in [0.29, 0.717) is 6.54 Å². The minimum Gasteiger partial charge on any atom is -0.490 e. The molecule has 6 heteroatoms. The molecular formula is C10H15BrCl2N2O. The van der Waals surface area contributed by atoms with Crippen molar-refractivity contribution in [3.8, 4) is 5.75 Å². The number of ether oxygens (including phenoxy) is 1. The van der Waals surface area contributed by atoms with E-state index in [1.165, 1.54) is 0 Å². The molecule has 2 N–H and O–H groups in total. The fourth-order valence-electron chi connectivity index (χ4n) is 1.63. The fraction of sp³-hybridized carbons (Fsp3) is 0.400. The SMILES string of the molecule is Cl.Cl.NCCN1CCOc2ccc(Br)cc21. The van der Waals surface area contributed by atoms with Crippen LogP contribution in [-0.2, 0) is 0 Å². The van der Waals surface area contributed by atoms with E-state index < -0.39 is 0 Å². The number of nitrogens with zero attached hydrogens (tertiary/aromatic N) is 1. The van der Waals surface area contributed by atoms with Gasteiger partial charge in [0.05, 0.1) is 12.2 Å². The first-order chi connectivity index (χ1) is 6.81. The monoisotopic (exact) mass is 328 g/mol. The van der Waals surface area contributed by atoms with E-state index in [2.05, 4.69) is 26.9 Å². The van der Waals surface area contributed by atoms with Gasteiger partial charge in [-0.15, -0.1) is 24.8 Å². The molecule has 1 heterocycles. The van der Waals surface area contributed by atoms with Crippen LogP contribution >= 0.6 is 40.7 Å². The molecule has 0 fully saturated rings. The summed E-state index contributed by atoms with van der Waals surface area (Å²) in [5.74, 6) is 0.952. The summed E-state index contributed by atoms with van der Waals surface area (Å²) in [7, 11) is 0. The predicted octanol–water partition coefficient (Wildman–Crippen LogP) is 2.45. The maximum Gasteiger partial charge on any atom is 0.142 e. The molecule has 1 aromatic rings. The predicted molar refractivity (Wildman–Crippen MR) is 75.4 cm³/mol. The van der Waals surface area contributed by atoms with Gasteiger partial charge in [0.1, 0.15) is 12.4 Å². The van der Waals surface area contributed by atoms with Crippen LogP contribution in [0.3, 0.4) is 0 Å². The summed E-state index contributed by atoms with van der Waals surface area (Å²) >= 11 is 3.46. The Kier molecular flexibility index (Phi) is 7.15. The number of benzene rings is 1. The van der Waals surface area contributed by atoms with Crippen molar-refractivity contribution in [2.45, 2.75) is 0 Å². The molecule has 0 unspecified atom stereocenters. The van der Waals surface area contributed by atoms with Crippen molar-refractivity contribution in [1.82, 2.24) is 0 Å². The molecule has 0 aromatic heterocycles. The standard InChI is InChI=1S/C10H13BrN2O.2ClH/c11-8-1-2-10-9(7-8)13(4-3-12)5-6-14-10;;/h1-2,7H,3-6,12H2;2*1H. The van der Waals surface area contributed by atoms with Gasteiger partial charge in [0.15, 0.2) is 0 Å². The number of halogens is 3. The van der Waals surface area contributed by atoms with Crippen molar-refractivity contribution in [2.24, 2.45) is 5.73 Å². The first kappa shape index (κ1) is 15.8. The molecule has 0 amide bonds. The van der Waals surface area contributed by atoms with Crippen LogP contribution in [0.4, 0.5) is 5.69 Å². The van der Waals surface area contributed by atoms with Crippen LogP contribution in [0.2, 0.25) is 0 Å². The quantitative estimate of drug-likeness (QED) is 0.905. The summed E-state index contributed by atoms with van der Waals surface area (Å²) in [6, 6.07) is 6.05. The van der Waals surface area contributed by atoms with Gasteiger partial charge in [-0.3, -0.25) is 0 Å². The molecule has 0 radical (unpaired) electrons. The van der Waals surface area contributed by atoms with Crippen molar-refractivity contribution in [2.75, 3.05) is 31.1 Å².